The number of carbonyl (C=O) groups excluding carboxylic acids is 1. The molecule has 2 amide bonds. The fourth-order valence-corrected chi connectivity index (χ4v) is 2.89. The van der Waals surface area contributed by atoms with Gasteiger partial charge in [0.2, 0.25) is 0 Å². The van der Waals surface area contributed by atoms with Crippen LogP contribution in [0.2, 0.25) is 0 Å². The first-order valence-corrected chi connectivity index (χ1v) is 7.82. The van der Waals surface area contributed by atoms with Gasteiger partial charge in [0.05, 0.1) is 5.69 Å². The SMILES string of the molecule is O=C(Nc1ccccc1OC(F)F)NC1CCCCCC1CO. The monoisotopic (exact) mass is 328 g/mol. The molecule has 1 aliphatic rings. The van der Waals surface area contributed by atoms with Crippen molar-refractivity contribution >= 4 is 11.7 Å². The Labute approximate surface area is 134 Å². The molecule has 1 aromatic rings. The first kappa shape index (κ1) is 17.5. The Morgan fingerprint density at radius 2 is 2.00 bits per heavy atom. The highest BCUT2D eigenvalue weighted by Gasteiger charge is 2.24. The Morgan fingerprint density at radius 3 is 2.74 bits per heavy atom. The molecule has 0 bridgehead atoms. The van der Waals surface area contributed by atoms with E-state index in [0.29, 0.717) is 0 Å². The summed E-state index contributed by atoms with van der Waals surface area (Å²) in [5, 5.41) is 14.8. The molecule has 0 aliphatic heterocycles. The van der Waals surface area contributed by atoms with Crippen LogP contribution in [0, 0.1) is 5.92 Å². The van der Waals surface area contributed by atoms with Gasteiger partial charge in [-0.1, -0.05) is 31.4 Å². The largest absolute Gasteiger partial charge is 0.433 e. The fourth-order valence-electron chi connectivity index (χ4n) is 2.89. The number of alkyl halides is 2. The number of urea groups is 1. The van der Waals surface area contributed by atoms with Crippen molar-refractivity contribution in [3.63, 3.8) is 0 Å². The second-order valence-electron chi connectivity index (χ2n) is 5.66. The number of hydrogen-bond donors (Lipinski definition) is 3. The lowest BCUT2D eigenvalue weighted by Gasteiger charge is -2.24. The Kier molecular flexibility index (Phi) is 6.58. The number of carbonyl (C=O) groups is 1. The van der Waals surface area contributed by atoms with Crippen molar-refractivity contribution in [1.29, 1.82) is 0 Å². The van der Waals surface area contributed by atoms with Gasteiger partial charge in [0.1, 0.15) is 5.75 Å². The first-order valence-electron chi connectivity index (χ1n) is 7.82. The highest BCUT2D eigenvalue weighted by atomic mass is 19.3. The van der Waals surface area contributed by atoms with Crippen molar-refractivity contribution in [3.05, 3.63) is 24.3 Å². The van der Waals surface area contributed by atoms with Crippen LogP contribution in [0.15, 0.2) is 24.3 Å². The number of amides is 2. The Bertz CT molecular complexity index is 514. The summed E-state index contributed by atoms with van der Waals surface area (Å²) < 4.78 is 29.1. The summed E-state index contributed by atoms with van der Waals surface area (Å²) in [6.07, 6.45) is 4.78. The average molecular weight is 328 g/mol. The molecule has 2 atom stereocenters. The van der Waals surface area contributed by atoms with Gasteiger partial charge in [-0.2, -0.15) is 8.78 Å². The van der Waals surface area contributed by atoms with Crippen LogP contribution in [0.25, 0.3) is 0 Å². The lowest BCUT2D eigenvalue weighted by atomic mass is 9.96. The van der Waals surface area contributed by atoms with Crippen molar-refractivity contribution in [1.82, 2.24) is 5.32 Å². The first-order chi connectivity index (χ1) is 11.1. The fraction of sp³-hybridized carbons (Fsp3) is 0.562. The van der Waals surface area contributed by atoms with Crippen LogP contribution in [-0.2, 0) is 0 Å². The summed E-state index contributed by atoms with van der Waals surface area (Å²) in [6, 6.07) is 5.42. The van der Waals surface area contributed by atoms with E-state index in [-0.39, 0.29) is 30.0 Å². The van der Waals surface area contributed by atoms with E-state index in [1.807, 2.05) is 0 Å². The Balaban J connectivity index is 1.98. The van der Waals surface area contributed by atoms with E-state index in [0.717, 1.165) is 32.1 Å². The third-order valence-corrected chi connectivity index (χ3v) is 4.06. The van der Waals surface area contributed by atoms with Crippen LogP contribution in [0.4, 0.5) is 19.3 Å². The maximum absolute atomic E-state index is 12.4. The molecule has 1 aromatic carbocycles. The predicted molar refractivity (Wildman–Crippen MR) is 82.7 cm³/mol. The zero-order valence-electron chi connectivity index (χ0n) is 12.8. The molecular formula is C16H22F2N2O3. The van der Waals surface area contributed by atoms with Crippen LogP contribution in [-0.4, -0.2) is 30.4 Å². The zero-order chi connectivity index (χ0) is 16.7. The third-order valence-electron chi connectivity index (χ3n) is 4.06. The molecule has 2 rings (SSSR count). The topological polar surface area (TPSA) is 70.6 Å². The number of aliphatic hydroxyl groups is 1. The van der Waals surface area contributed by atoms with Crippen molar-refractivity contribution in [3.8, 4) is 5.75 Å². The molecular weight excluding hydrogens is 306 g/mol. The Morgan fingerprint density at radius 1 is 1.26 bits per heavy atom. The molecule has 1 saturated carbocycles. The summed E-state index contributed by atoms with van der Waals surface area (Å²) in [7, 11) is 0. The quantitative estimate of drug-likeness (QED) is 0.726. The van der Waals surface area contributed by atoms with Crippen LogP contribution >= 0.6 is 0 Å². The standard InChI is InChI=1S/C16H22F2N2O3/c17-15(18)23-14-9-5-4-8-13(14)20-16(22)19-12-7-3-1-2-6-11(12)10-21/h4-5,8-9,11-12,15,21H,1-3,6-7,10H2,(H2,19,20,22). The molecule has 5 nitrogen and oxygen atoms in total. The summed E-state index contributed by atoms with van der Waals surface area (Å²) in [4.78, 5) is 12.1. The molecule has 3 N–H and O–H groups in total. The van der Waals surface area contributed by atoms with Crippen molar-refractivity contribution in [2.45, 2.75) is 44.8 Å². The summed E-state index contributed by atoms with van der Waals surface area (Å²) in [5.74, 6) is -0.0620. The minimum absolute atomic E-state index is 0.0238. The molecule has 0 heterocycles. The van der Waals surface area contributed by atoms with Gasteiger partial charge in [-0.05, 0) is 25.0 Å². The average Bonchev–Trinajstić information content (AvgIpc) is 2.73. The van der Waals surface area contributed by atoms with Gasteiger partial charge in [-0.25, -0.2) is 4.79 Å². The van der Waals surface area contributed by atoms with Crippen LogP contribution in [0.5, 0.6) is 5.75 Å². The second kappa shape index (κ2) is 8.67. The maximum atomic E-state index is 12.4. The molecule has 1 fully saturated rings. The maximum Gasteiger partial charge on any atom is 0.387 e. The number of hydrogen-bond acceptors (Lipinski definition) is 3. The van der Waals surface area contributed by atoms with Crippen LogP contribution in [0.1, 0.15) is 32.1 Å². The van der Waals surface area contributed by atoms with Gasteiger partial charge in [0, 0.05) is 18.6 Å². The van der Waals surface area contributed by atoms with E-state index < -0.39 is 12.6 Å². The number of ether oxygens (including phenoxy) is 1. The summed E-state index contributed by atoms with van der Waals surface area (Å²) in [6.45, 7) is -2.93. The van der Waals surface area contributed by atoms with Gasteiger partial charge in [-0.3, -0.25) is 0 Å². The number of halogens is 2. The van der Waals surface area contributed by atoms with Crippen molar-refractivity contribution < 1.29 is 23.4 Å². The number of aliphatic hydroxyl groups excluding tert-OH is 1. The Hall–Kier alpha value is -1.89. The number of anilines is 1. The van der Waals surface area contributed by atoms with Crippen LogP contribution in [0.3, 0.4) is 0 Å². The van der Waals surface area contributed by atoms with Crippen LogP contribution < -0.4 is 15.4 Å². The minimum Gasteiger partial charge on any atom is -0.433 e. The molecule has 0 spiro atoms. The van der Waals surface area contributed by atoms with E-state index in [9.17, 15) is 18.7 Å². The normalized spacial score (nSPS) is 21.6. The number of para-hydroxylation sites is 2. The van der Waals surface area contributed by atoms with Gasteiger partial charge in [0.25, 0.3) is 0 Å². The van der Waals surface area contributed by atoms with Gasteiger partial charge in [0.15, 0.2) is 0 Å². The van der Waals surface area contributed by atoms with E-state index >= 15 is 0 Å². The molecule has 128 valence electrons. The number of benzene rings is 1. The van der Waals surface area contributed by atoms with E-state index in [1.165, 1.54) is 12.1 Å². The zero-order valence-corrected chi connectivity index (χ0v) is 12.8. The van der Waals surface area contributed by atoms with Crippen molar-refractivity contribution in [2.24, 2.45) is 5.92 Å². The molecule has 1 aliphatic carbocycles. The second-order valence-corrected chi connectivity index (χ2v) is 5.66. The molecule has 0 aromatic heterocycles. The lowest BCUT2D eigenvalue weighted by molar-refractivity contribution is -0.0493. The van der Waals surface area contributed by atoms with Gasteiger partial charge >= 0.3 is 12.6 Å². The number of nitrogens with one attached hydrogen (secondary N) is 2. The van der Waals surface area contributed by atoms with E-state index in [4.69, 9.17) is 0 Å². The third kappa shape index (κ3) is 5.35. The molecule has 2 unspecified atom stereocenters. The predicted octanol–water partition coefficient (Wildman–Crippen LogP) is 3.35. The smallest absolute Gasteiger partial charge is 0.387 e. The lowest BCUT2D eigenvalue weighted by Crippen LogP contribution is -2.43. The molecule has 0 radical (unpaired) electrons. The molecule has 7 heteroatoms. The number of rotatable bonds is 5. The van der Waals surface area contributed by atoms with Gasteiger partial charge in [-0.15, -0.1) is 0 Å². The van der Waals surface area contributed by atoms with Crippen molar-refractivity contribution in [2.75, 3.05) is 11.9 Å². The molecule has 23 heavy (non-hydrogen) atoms. The van der Waals surface area contributed by atoms with E-state index in [1.54, 1.807) is 12.1 Å². The van der Waals surface area contributed by atoms with Gasteiger partial charge < -0.3 is 20.5 Å². The highest BCUT2D eigenvalue weighted by Crippen LogP contribution is 2.26. The van der Waals surface area contributed by atoms with E-state index in [2.05, 4.69) is 15.4 Å². The highest BCUT2D eigenvalue weighted by molar-refractivity contribution is 5.91. The minimum atomic E-state index is -2.96. The molecule has 0 saturated heterocycles. The summed E-state index contributed by atoms with van der Waals surface area (Å²) >= 11 is 0. The summed E-state index contributed by atoms with van der Waals surface area (Å²) in [5.41, 5.74) is 0.180.